The highest BCUT2D eigenvalue weighted by Crippen LogP contribution is 2.28. The van der Waals surface area contributed by atoms with Crippen LogP contribution < -0.4 is 10.1 Å². The number of ether oxygens (including phenoxy) is 1. The predicted octanol–water partition coefficient (Wildman–Crippen LogP) is 7.51. The molecule has 6 N–H and O–H groups in total. The van der Waals surface area contributed by atoms with Gasteiger partial charge in [0.15, 0.2) is 12.6 Å². The van der Waals surface area contributed by atoms with Crippen LogP contribution in [-0.4, -0.2) is 123 Å². The SMILES string of the molecule is C.O=C(Cl)c1ccccc1.O=C(c1ccccc1)N1CCC[C@H]1CO.O=Cc1c(O)cccc1O.O=Cc1c(O)cccc1OC[C@@H]1CCCN1C(=O)c1ccccc1.OC[C@@H]1CCCN1. The van der Waals surface area contributed by atoms with Crippen LogP contribution in [0.1, 0.15) is 97.7 Å². The molecule has 3 aliphatic heterocycles. The Bertz CT molecular complexity index is 2220. The molecule has 3 saturated heterocycles. The highest BCUT2D eigenvalue weighted by molar-refractivity contribution is 6.67. The molecule has 3 heterocycles. The van der Waals surface area contributed by atoms with Crippen LogP contribution in [0.15, 0.2) is 127 Å². The van der Waals surface area contributed by atoms with E-state index in [-0.39, 0.29) is 66.3 Å². The lowest BCUT2D eigenvalue weighted by Crippen LogP contribution is -2.39. The summed E-state index contributed by atoms with van der Waals surface area (Å²) in [5.41, 5.74) is 1.98. The van der Waals surface area contributed by atoms with Crippen molar-refractivity contribution in [1.82, 2.24) is 15.1 Å². The number of hydrogen-bond donors (Lipinski definition) is 6. The van der Waals surface area contributed by atoms with E-state index in [4.69, 9.17) is 36.8 Å². The summed E-state index contributed by atoms with van der Waals surface area (Å²) in [7, 11) is 0. The molecule has 5 aromatic rings. The highest BCUT2D eigenvalue weighted by atomic mass is 35.5. The molecule has 0 bridgehead atoms. The van der Waals surface area contributed by atoms with Crippen LogP contribution in [0.25, 0.3) is 0 Å². The molecule has 0 spiro atoms. The highest BCUT2D eigenvalue weighted by Gasteiger charge is 2.30. The molecule has 0 unspecified atom stereocenters. The quantitative estimate of drug-likeness (QED) is 0.0593. The van der Waals surface area contributed by atoms with Crippen molar-refractivity contribution in [3.63, 3.8) is 0 Å². The van der Waals surface area contributed by atoms with Gasteiger partial charge in [-0.05, 0) is 105 Å². The fourth-order valence-electron chi connectivity index (χ4n) is 7.17. The Morgan fingerprint density at radius 2 is 1.05 bits per heavy atom. The van der Waals surface area contributed by atoms with E-state index in [1.165, 1.54) is 30.7 Å². The molecular formula is C51H60ClN3O11. The molecule has 3 aliphatic rings. The van der Waals surface area contributed by atoms with Gasteiger partial charge in [0.05, 0.1) is 36.4 Å². The fourth-order valence-corrected chi connectivity index (χ4v) is 7.29. The number of aliphatic hydroxyl groups excluding tert-OH is 2. The van der Waals surface area contributed by atoms with Crippen LogP contribution in [0.3, 0.4) is 0 Å². The Kier molecular flexibility index (Phi) is 23.7. The maximum Gasteiger partial charge on any atom is 0.254 e. The third-order valence-corrected chi connectivity index (χ3v) is 10.9. The summed E-state index contributed by atoms with van der Waals surface area (Å²) in [5, 5.41) is 47.9. The van der Waals surface area contributed by atoms with Crippen LogP contribution in [0.5, 0.6) is 23.0 Å². The monoisotopic (exact) mass is 925 g/mol. The minimum atomic E-state index is -0.407. The molecule has 8 rings (SSSR count). The summed E-state index contributed by atoms with van der Waals surface area (Å²) >= 11 is 5.16. The van der Waals surface area contributed by atoms with Gasteiger partial charge in [-0.2, -0.15) is 0 Å². The van der Waals surface area contributed by atoms with Crippen molar-refractivity contribution in [1.29, 1.82) is 0 Å². The molecule has 0 radical (unpaired) electrons. The lowest BCUT2D eigenvalue weighted by atomic mass is 10.1. The molecule has 15 heteroatoms. The summed E-state index contributed by atoms with van der Waals surface area (Å²) in [6.07, 6.45) is 7.04. The van der Waals surface area contributed by atoms with Gasteiger partial charge in [0.2, 0.25) is 0 Å². The van der Waals surface area contributed by atoms with Crippen molar-refractivity contribution in [2.45, 2.75) is 64.1 Å². The number of aldehydes is 2. The van der Waals surface area contributed by atoms with Crippen LogP contribution in [0.4, 0.5) is 0 Å². The number of hydrogen-bond acceptors (Lipinski definition) is 12. The number of nitrogens with zero attached hydrogens (tertiary/aromatic N) is 2. The van der Waals surface area contributed by atoms with Gasteiger partial charge < -0.3 is 45.4 Å². The molecule has 5 aromatic carbocycles. The molecule has 0 aromatic heterocycles. The zero-order valence-electron chi connectivity index (χ0n) is 36.0. The first-order valence-electron chi connectivity index (χ1n) is 21.3. The van der Waals surface area contributed by atoms with Gasteiger partial charge in [0, 0.05) is 35.8 Å². The maximum absolute atomic E-state index is 12.6. The number of likely N-dealkylation sites (tertiary alicyclic amines) is 2. The molecule has 3 fully saturated rings. The summed E-state index contributed by atoms with van der Waals surface area (Å²) in [6.45, 7) is 3.22. The molecule has 66 heavy (non-hydrogen) atoms. The van der Waals surface area contributed by atoms with E-state index in [2.05, 4.69) is 5.32 Å². The van der Waals surface area contributed by atoms with Crippen molar-refractivity contribution in [3.05, 3.63) is 155 Å². The number of carbonyl (C=O) groups excluding carboxylic acids is 5. The number of nitrogens with one attached hydrogen (secondary N) is 1. The van der Waals surface area contributed by atoms with E-state index in [1.807, 2.05) is 59.5 Å². The van der Waals surface area contributed by atoms with Crippen molar-refractivity contribution < 1.29 is 54.2 Å². The second kappa shape index (κ2) is 29.1. The Balaban J connectivity index is 0.000000236. The van der Waals surface area contributed by atoms with Crippen LogP contribution >= 0.6 is 11.6 Å². The van der Waals surface area contributed by atoms with E-state index in [0.717, 1.165) is 45.2 Å². The molecule has 2 amide bonds. The summed E-state index contributed by atoms with van der Waals surface area (Å²) in [6, 6.07) is 36.4. The van der Waals surface area contributed by atoms with Crippen LogP contribution in [0, 0.1) is 0 Å². The third-order valence-electron chi connectivity index (χ3n) is 10.7. The van der Waals surface area contributed by atoms with Gasteiger partial charge in [-0.25, -0.2) is 0 Å². The second-order valence-electron chi connectivity index (χ2n) is 15.1. The minimum absolute atomic E-state index is 0. The summed E-state index contributed by atoms with van der Waals surface area (Å²) < 4.78 is 5.72. The van der Waals surface area contributed by atoms with Gasteiger partial charge in [0.1, 0.15) is 29.6 Å². The first kappa shape index (κ1) is 53.8. The molecule has 3 atom stereocenters. The number of phenolic OH excluding ortho intramolecular Hbond substituents is 3. The van der Waals surface area contributed by atoms with Crippen molar-refractivity contribution >= 4 is 41.2 Å². The second-order valence-corrected chi connectivity index (χ2v) is 15.4. The summed E-state index contributed by atoms with van der Waals surface area (Å²) in [5.74, 6) is -0.138. The lowest BCUT2D eigenvalue weighted by molar-refractivity contribution is 0.0675. The van der Waals surface area contributed by atoms with E-state index >= 15 is 0 Å². The smallest absolute Gasteiger partial charge is 0.254 e. The average molecular weight is 927 g/mol. The molecule has 14 nitrogen and oxygen atoms in total. The number of rotatable bonds is 10. The number of aromatic hydroxyl groups is 3. The van der Waals surface area contributed by atoms with Crippen LogP contribution in [0.2, 0.25) is 0 Å². The van der Waals surface area contributed by atoms with Crippen molar-refractivity contribution in [2.24, 2.45) is 0 Å². The standard InChI is InChI=1S/C19H19NO4.C12H15NO2.C7H5ClO.C7H6O3.C5H11NO.CH4/c21-12-16-17(22)9-4-10-18(16)24-13-15-8-5-11-20(15)19(23)14-6-2-1-3-7-14;14-9-11-7-4-8-13(11)12(15)10-5-2-1-3-6-10;8-7(9)6-4-2-1-3-5-6;8-4-5-6(9)2-1-3-7(5)10;7-4-5-2-1-3-6-5;/h1-4,6-7,9-10,12,15,22H,5,8,11,13H2;1-3,5-6,11,14H,4,7-9H2;1-5H;1-4,9-10H;5-7H,1-4H2;1H4/t15-;11-;;;5-;/m00..0./s1. The molecule has 0 saturated carbocycles. The number of benzene rings is 5. The van der Waals surface area contributed by atoms with Crippen molar-refractivity contribution in [2.75, 3.05) is 39.5 Å². The van der Waals surface area contributed by atoms with E-state index in [1.54, 1.807) is 53.4 Å². The Labute approximate surface area is 391 Å². The number of aliphatic hydroxyl groups is 2. The molecular weight excluding hydrogens is 866 g/mol. The first-order chi connectivity index (χ1) is 31.5. The number of halogens is 1. The first-order valence-corrected chi connectivity index (χ1v) is 21.7. The van der Waals surface area contributed by atoms with E-state index in [0.29, 0.717) is 60.8 Å². The van der Waals surface area contributed by atoms with Crippen molar-refractivity contribution in [3.8, 4) is 23.0 Å². The van der Waals surface area contributed by atoms with Gasteiger partial charge in [0.25, 0.3) is 17.1 Å². The Morgan fingerprint density at radius 3 is 1.44 bits per heavy atom. The predicted molar refractivity (Wildman–Crippen MR) is 254 cm³/mol. The Morgan fingerprint density at radius 1 is 0.591 bits per heavy atom. The number of amides is 2. The minimum Gasteiger partial charge on any atom is -0.507 e. The zero-order chi connectivity index (χ0) is 47.0. The number of carbonyl (C=O) groups is 5. The topological polar surface area (TPSA) is 214 Å². The van der Waals surface area contributed by atoms with Gasteiger partial charge in [-0.1, -0.05) is 86.3 Å². The molecule has 0 aliphatic carbocycles. The molecule has 352 valence electrons. The van der Waals surface area contributed by atoms with Gasteiger partial charge >= 0.3 is 0 Å². The fraction of sp³-hybridized carbons (Fsp3) is 0.314. The van der Waals surface area contributed by atoms with Gasteiger partial charge in [-0.3, -0.25) is 24.0 Å². The van der Waals surface area contributed by atoms with E-state index in [9.17, 15) is 29.1 Å². The summed E-state index contributed by atoms with van der Waals surface area (Å²) in [4.78, 5) is 59.9. The normalized spacial score (nSPS) is 16.7. The number of phenols is 3. The zero-order valence-corrected chi connectivity index (χ0v) is 36.7. The van der Waals surface area contributed by atoms with E-state index < -0.39 is 5.24 Å². The largest absolute Gasteiger partial charge is 0.507 e. The maximum atomic E-state index is 12.6. The Hall–Kier alpha value is -6.58. The van der Waals surface area contributed by atoms with Crippen LogP contribution in [-0.2, 0) is 0 Å². The van der Waals surface area contributed by atoms with Gasteiger partial charge in [-0.15, -0.1) is 0 Å². The lowest BCUT2D eigenvalue weighted by Gasteiger charge is -2.25. The third kappa shape index (κ3) is 16.4. The average Bonchev–Trinajstić information content (AvgIpc) is 4.16.